The number of rotatable bonds is 0. The van der Waals surface area contributed by atoms with E-state index in [1.807, 2.05) is 13.4 Å². The summed E-state index contributed by atoms with van der Waals surface area (Å²) < 4.78 is 0. The van der Waals surface area contributed by atoms with E-state index in [0.717, 1.165) is 0 Å². The van der Waals surface area contributed by atoms with Crippen molar-refractivity contribution in [1.29, 1.82) is 0 Å². The van der Waals surface area contributed by atoms with E-state index in [9.17, 15) is 0 Å². The maximum Gasteiger partial charge on any atom is 0.274 e. The molecule has 2 aromatic rings. The van der Waals surface area contributed by atoms with Gasteiger partial charge in [-0.25, -0.2) is 0 Å². The fraction of sp³-hybridized carbons (Fsp3) is 0. The Morgan fingerprint density at radius 3 is 2.64 bits per heavy atom. The maximum atomic E-state index is 3.24. The van der Waals surface area contributed by atoms with Gasteiger partial charge in [-0.2, -0.15) is 0 Å². The predicted octanol–water partition coefficient (Wildman–Crippen LogP) is 2.86. The molecule has 14 heavy (non-hydrogen) atoms. The molecule has 1 aliphatic rings. The summed E-state index contributed by atoms with van der Waals surface area (Å²) in [4.78, 5) is 0. The van der Waals surface area contributed by atoms with E-state index in [1.165, 1.54) is 22.0 Å². The molecule has 1 heterocycles. The standard InChI is InChI=1S/C12H9BN/c1-2-4-10-8-12-11(5-6-13-14-12)7-9(10)3-1/h1-8,14H. The first-order chi connectivity index (χ1) is 6.93. The van der Waals surface area contributed by atoms with Gasteiger partial charge in [0, 0.05) is 5.69 Å². The van der Waals surface area contributed by atoms with Crippen molar-refractivity contribution in [3.63, 3.8) is 0 Å². The zero-order valence-corrected chi connectivity index (χ0v) is 7.70. The first kappa shape index (κ1) is 7.68. The minimum absolute atomic E-state index is 1.19. The van der Waals surface area contributed by atoms with Gasteiger partial charge in [0.15, 0.2) is 0 Å². The lowest BCUT2D eigenvalue weighted by molar-refractivity contribution is 1.65. The van der Waals surface area contributed by atoms with Crippen LogP contribution in [-0.2, 0) is 0 Å². The molecule has 1 N–H and O–H groups in total. The molecular weight excluding hydrogens is 169 g/mol. The summed E-state index contributed by atoms with van der Waals surface area (Å²) in [5.41, 5.74) is 2.44. The Kier molecular flexibility index (Phi) is 1.60. The number of hydrogen-bond acceptors (Lipinski definition) is 1. The Hall–Kier alpha value is -1.70. The maximum absolute atomic E-state index is 3.24. The summed E-state index contributed by atoms with van der Waals surface area (Å²) in [5.74, 6) is 2.02. The third kappa shape index (κ3) is 1.11. The molecule has 1 radical (unpaired) electrons. The Morgan fingerprint density at radius 1 is 1.00 bits per heavy atom. The van der Waals surface area contributed by atoms with Crippen LogP contribution in [0.4, 0.5) is 5.69 Å². The lowest BCUT2D eigenvalue weighted by Crippen LogP contribution is -2.07. The highest BCUT2D eigenvalue weighted by Gasteiger charge is 2.05. The van der Waals surface area contributed by atoms with E-state index in [4.69, 9.17) is 0 Å². The number of fused-ring (bicyclic) bond motifs is 2. The Labute approximate surface area is 83.7 Å². The van der Waals surface area contributed by atoms with Gasteiger partial charge in [0.2, 0.25) is 0 Å². The van der Waals surface area contributed by atoms with E-state index in [2.05, 4.69) is 47.7 Å². The second-order valence-electron chi connectivity index (χ2n) is 3.46. The molecule has 1 nitrogen and oxygen atoms in total. The summed E-state index contributed by atoms with van der Waals surface area (Å²) in [6.07, 6.45) is 2.12. The van der Waals surface area contributed by atoms with E-state index >= 15 is 0 Å². The molecule has 0 saturated heterocycles. The monoisotopic (exact) mass is 178 g/mol. The Bertz CT molecular complexity index is 517. The third-order valence-corrected chi connectivity index (χ3v) is 2.53. The number of benzene rings is 2. The molecule has 0 aromatic heterocycles. The topological polar surface area (TPSA) is 12.0 Å². The molecule has 0 atom stereocenters. The van der Waals surface area contributed by atoms with E-state index in [0.29, 0.717) is 0 Å². The molecule has 3 rings (SSSR count). The SMILES string of the molecule is [B]1C=Cc2cc3ccccc3cc2N1. The van der Waals surface area contributed by atoms with Crippen molar-refractivity contribution >= 4 is 30.0 Å². The van der Waals surface area contributed by atoms with Crippen LogP contribution in [0.5, 0.6) is 0 Å². The van der Waals surface area contributed by atoms with Gasteiger partial charge in [-0.3, -0.25) is 0 Å². The predicted molar refractivity (Wildman–Crippen MR) is 62.4 cm³/mol. The minimum Gasteiger partial charge on any atom is -0.428 e. The lowest BCUT2D eigenvalue weighted by Gasteiger charge is -2.13. The number of hydrogen-bond donors (Lipinski definition) is 1. The summed E-state index contributed by atoms with van der Waals surface area (Å²) in [5, 5.41) is 5.81. The molecule has 65 valence electrons. The van der Waals surface area contributed by atoms with Gasteiger partial charge in [0.05, 0.1) is 0 Å². The highest BCUT2D eigenvalue weighted by Crippen LogP contribution is 2.26. The smallest absolute Gasteiger partial charge is 0.274 e. The highest BCUT2D eigenvalue weighted by atomic mass is 14.8. The first-order valence-corrected chi connectivity index (χ1v) is 4.73. The van der Waals surface area contributed by atoms with Crippen molar-refractivity contribution in [3.8, 4) is 0 Å². The molecule has 2 aromatic carbocycles. The largest absolute Gasteiger partial charge is 0.428 e. The van der Waals surface area contributed by atoms with E-state index in [-0.39, 0.29) is 0 Å². The van der Waals surface area contributed by atoms with Gasteiger partial charge in [0.1, 0.15) is 0 Å². The van der Waals surface area contributed by atoms with Crippen LogP contribution in [0.15, 0.2) is 42.4 Å². The average molecular weight is 178 g/mol. The van der Waals surface area contributed by atoms with Crippen LogP contribution >= 0.6 is 0 Å². The van der Waals surface area contributed by atoms with Crippen molar-refractivity contribution in [2.24, 2.45) is 0 Å². The zero-order valence-electron chi connectivity index (χ0n) is 7.70. The van der Waals surface area contributed by atoms with Crippen LogP contribution in [0.25, 0.3) is 16.8 Å². The number of anilines is 1. The quantitative estimate of drug-likeness (QED) is 0.611. The molecular formula is C12H9BN. The van der Waals surface area contributed by atoms with Gasteiger partial charge in [0.25, 0.3) is 7.41 Å². The normalized spacial score (nSPS) is 13.1. The second-order valence-corrected chi connectivity index (χ2v) is 3.46. The van der Waals surface area contributed by atoms with Crippen molar-refractivity contribution in [3.05, 3.63) is 47.9 Å². The van der Waals surface area contributed by atoms with Crippen molar-refractivity contribution in [2.45, 2.75) is 0 Å². The molecule has 1 aliphatic heterocycles. The molecule has 0 bridgehead atoms. The molecule has 2 heteroatoms. The molecule has 0 amide bonds. The van der Waals surface area contributed by atoms with Crippen LogP contribution in [0, 0.1) is 0 Å². The van der Waals surface area contributed by atoms with Crippen LogP contribution in [0.1, 0.15) is 5.56 Å². The highest BCUT2D eigenvalue weighted by molar-refractivity contribution is 6.48. The van der Waals surface area contributed by atoms with Crippen molar-refractivity contribution in [1.82, 2.24) is 0 Å². The van der Waals surface area contributed by atoms with Crippen LogP contribution in [-0.4, -0.2) is 7.41 Å². The van der Waals surface area contributed by atoms with Gasteiger partial charge in [-0.05, 0) is 28.5 Å². The zero-order chi connectivity index (χ0) is 9.38. The molecule has 0 saturated carbocycles. The summed E-state index contributed by atoms with van der Waals surface area (Å²) in [6.45, 7) is 0. The fourth-order valence-corrected chi connectivity index (χ4v) is 1.81. The van der Waals surface area contributed by atoms with Gasteiger partial charge in [-0.15, -0.1) is 0 Å². The fourth-order valence-electron chi connectivity index (χ4n) is 1.81. The van der Waals surface area contributed by atoms with E-state index in [1.54, 1.807) is 0 Å². The van der Waals surface area contributed by atoms with E-state index < -0.39 is 0 Å². The van der Waals surface area contributed by atoms with Gasteiger partial charge >= 0.3 is 0 Å². The van der Waals surface area contributed by atoms with Crippen molar-refractivity contribution < 1.29 is 0 Å². The third-order valence-electron chi connectivity index (χ3n) is 2.53. The second kappa shape index (κ2) is 2.91. The summed E-state index contributed by atoms with van der Waals surface area (Å²) >= 11 is 0. The summed E-state index contributed by atoms with van der Waals surface area (Å²) in [7, 11) is 1.96. The average Bonchev–Trinajstić information content (AvgIpc) is 2.26. The van der Waals surface area contributed by atoms with Crippen LogP contribution in [0.3, 0.4) is 0 Å². The van der Waals surface area contributed by atoms with Crippen LogP contribution < -0.4 is 5.23 Å². The molecule has 0 spiro atoms. The molecule has 0 fully saturated rings. The lowest BCUT2D eigenvalue weighted by atomic mass is 9.87. The van der Waals surface area contributed by atoms with Gasteiger partial charge < -0.3 is 5.23 Å². The summed E-state index contributed by atoms with van der Waals surface area (Å²) in [6, 6.07) is 12.8. The Morgan fingerprint density at radius 2 is 1.79 bits per heavy atom. The van der Waals surface area contributed by atoms with Crippen molar-refractivity contribution in [2.75, 3.05) is 5.23 Å². The Balaban J connectivity index is 2.34. The molecule has 0 aliphatic carbocycles. The number of nitrogens with one attached hydrogen (secondary N) is 1. The minimum atomic E-state index is 1.19. The first-order valence-electron chi connectivity index (χ1n) is 4.73. The molecule has 0 unspecified atom stereocenters. The van der Waals surface area contributed by atoms with Gasteiger partial charge in [-0.1, -0.05) is 36.3 Å². The van der Waals surface area contributed by atoms with Crippen LogP contribution in [0.2, 0.25) is 0 Å².